The van der Waals surface area contributed by atoms with Crippen molar-refractivity contribution in [1.82, 2.24) is 14.8 Å². The van der Waals surface area contributed by atoms with Crippen LogP contribution in [0.3, 0.4) is 0 Å². The van der Waals surface area contributed by atoms with Crippen LogP contribution in [0.5, 0.6) is 0 Å². The van der Waals surface area contributed by atoms with Crippen LogP contribution in [0.2, 0.25) is 10.0 Å². The SMILES string of the molecule is O=C(c1cc(NCc2ccc(C(F)(F)F)cc2)nc2ccc(-c3ccc(Cl)c(Cl)c3)cc12)N1CCC[C@H]1CN1CCCC1. The number of aromatic nitrogens is 1. The van der Waals surface area contributed by atoms with Gasteiger partial charge in [0.1, 0.15) is 5.82 Å². The molecule has 0 saturated carbocycles. The quantitative estimate of drug-likeness (QED) is 0.223. The van der Waals surface area contributed by atoms with Crippen molar-refractivity contribution in [3.8, 4) is 11.1 Å². The number of nitrogens with zero attached hydrogens (tertiary/aromatic N) is 3. The fourth-order valence-electron chi connectivity index (χ4n) is 6.06. The number of carbonyl (C=O) groups excluding carboxylic acids is 1. The number of benzene rings is 3. The number of carbonyl (C=O) groups is 1. The Bertz CT molecular complexity index is 1640. The Hall–Kier alpha value is -3.33. The Labute approximate surface area is 258 Å². The first-order valence-corrected chi connectivity index (χ1v) is 15.2. The molecule has 2 aliphatic heterocycles. The van der Waals surface area contributed by atoms with Gasteiger partial charge in [-0.05, 0) is 97.9 Å². The summed E-state index contributed by atoms with van der Waals surface area (Å²) < 4.78 is 39.0. The van der Waals surface area contributed by atoms with E-state index < -0.39 is 11.7 Å². The normalized spacial score (nSPS) is 17.6. The first kappa shape index (κ1) is 29.7. The second-order valence-electron chi connectivity index (χ2n) is 11.3. The lowest BCUT2D eigenvalue weighted by molar-refractivity contribution is -0.137. The highest BCUT2D eigenvalue weighted by Gasteiger charge is 2.33. The zero-order chi connectivity index (χ0) is 30.1. The molecule has 6 rings (SSSR count). The van der Waals surface area contributed by atoms with E-state index in [0.717, 1.165) is 61.1 Å². The van der Waals surface area contributed by atoms with Gasteiger partial charge in [-0.1, -0.05) is 47.5 Å². The minimum atomic E-state index is -4.39. The van der Waals surface area contributed by atoms with E-state index in [0.29, 0.717) is 39.1 Å². The van der Waals surface area contributed by atoms with Crippen LogP contribution in [-0.4, -0.2) is 52.9 Å². The van der Waals surface area contributed by atoms with Crippen molar-refractivity contribution >= 4 is 45.8 Å². The molecule has 5 nitrogen and oxygen atoms in total. The predicted octanol–water partition coefficient (Wildman–Crippen LogP) is 8.54. The Morgan fingerprint density at radius 2 is 1.60 bits per heavy atom. The number of likely N-dealkylation sites (tertiary alicyclic amines) is 2. The highest BCUT2D eigenvalue weighted by molar-refractivity contribution is 6.42. The third-order valence-electron chi connectivity index (χ3n) is 8.35. The number of rotatable bonds is 7. The molecule has 1 aromatic heterocycles. The summed E-state index contributed by atoms with van der Waals surface area (Å²) >= 11 is 12.4. The lowest BCUT2D eigenvalue weighted by Crippen LogP contribution is -2.42. The van der Waals surface area contributed by atoms with Gasteiger partial charge in [0.05, 0.1) is 26.7 Å². The Morgan fingerprint density at radius 3 is 2.33 bits per heavy atom. The number of anilines is 1. The number of fused-ring (bicyclic) bond motifs is 1. The van der Waals surface area contributed by atoms with E-state index in [9.17, 15) is 18.0 Å². The molecule has 43 heavy (non-hydrogen) atoms. The van der Waals surface area contributed by atoms with Gasteiger partial charge in [0.15, 0.2) is 0 Å². The molecule has 4 aromatic rings. The summed E-state index contributed by atoms with van der Waals surface area (Å²) in [4.78, 5) is 23.5. The van der Waals surface area contributed by atoms with Crippen LogP contribution in [0.25, 0.3) is 22.0 Å². The van der Waals surface area contributed by atoms with Gasteiger partial charge in [0, 0.05) is 31.1 Å². The smallest absolute Gasteiger partial charge is 0.366 e. The predicted molar refractivity (Wildman–Crippen MR) is 166 cm³/mol. The van der Waals surface area contributed by atoms with E-state index in [1.807, 2.05) is 29.2 Å². The molecule has 3 heterocycles. The average molecular weight is 628 g/mol. The lowest BCUT2D eigenvalue weighted by atomic mass is 10.00. The minimum Gasteiger partial charge on any atom is -0.366 e. The fourth-order valence-corrected chi connectivity index (χ4v) is 6.36. The molecule has 0 spiro atoms. The second-order valence-corrected chi connectivity index (χ2v) is 12.1. The van der Waals surface area contributed by atoms with Crippen LogP contribution in [0.1, 0.15) is 47.2 Å². The van der Waals surface area contributed by atoms with Gasteiger partial charge < -0.3 is 15.1 Å². The molecule has 0 radical (unpaired) electrons. The van der Waals surface area contributed by atoms with E-state index in [1.54, 1.807) is 18.2 Å². The highest BCUT2D eigenvalue weighted by atomic mass is 35.5. The average Bonchev–Trinajstić information content (AvgIpc) is 3.69. The molecule has 1 amide bonds. The maximum atomic E-state index is 14.3. The standard InChI is InChI=1S/C33H31Cl2F3N4O/c34-28-11-7-23(17-29(28)35)22-8-12-30-26(16-22)27(32(43)42-15-3-4-25(42)20-41-13-1-2-14-41)18-31(40-30)39-19-21-5-9-24(10-6-21)33(36,37)38/h5-12,16-18,25H,1-4,13-15,19-20H2,(H,39,40)/t25-/m0/s1. The molecule has 0 bridgehead atoms. The maximum Gasteiger partial charge on any atom is 0.416 e. The van der Waals surface area contributed by atoms with E-state index in [4.69, 9.17) is 28.2 Å². The summed E-state index contributed by atoms with van der Waals surface area (Å²) in [6, 6.07) is 18.1. The van der Waals surface area contributed by atoms with Gasteiger partial charge in [0.25, 0.3) is 5.91 Å². The highest BCUT2D eigenvalue weighted by Crippen LogP contribution is 2.34. The molecule has 1 N–H and O–H groups in total. The monoisotopic (exact) mass is 626 g/mol. The van der Waals surface area contributed by atoms with Gasteiger partial charge in [-0.15, -0.1) is 0 Å². The van der Waals surface area contributed by atoms with Crippen molar-refractivity contribution in [2.75, 3.05) is 31.5 Å². The number of halogens is 5. The van der Waals surface area contributed by atoms with Crippen LogP contribution in [0.15, 0.2) is 66.7 Å². The maximum absolute atomic E-state index is 14.3. The number of nitrogens with one attached hydrogen (secondary N) is 1. The van der Waals surface area contributed by atoms with E-state index in [2.05, 4.69) is 10.2 Å². The Balaban J connectivity index is 1.34. The van der Waals surface area contributed by atoms with Gasteiger partial charge >= 0.3 is 6.18 Å². The molecule has 224 valence electrons. The van der Waals surface area contributed by atoms with Gasteiger partial charge in [0.2, 0.25) is 0 Å². The zero-order valence-corrected chi connectivity index (χ0v) is 24.9. The van der Waals surface area contributed by atoms with Crippen LogP contribution in [0, 0.1) is 0 Å². The third-order valence-corrected chi connectivity index (χ3v) is 9.09. The first-order chi connectivity index (χ1) is 20.7. The fraction of sp³-hybridized carbons (Fsp3) is 0.333. The number of hydrogen-bond acceptors (Lipinski definition) is 4. The molecule has 0 aliphatic carbocycles. The summed E-state index contributed by atoms with van der Waals surface area (Å²) in [6.07, 6.45) is -0.0681. The van der Waals surface area contributed by atoms with Crippen molar-refractivity contribution in [3.05, 3.63) is 93.5 Å². The van der Waals surface area contributed by atoms with Crippen LogP contribution >= 0.6 is 23.2 Å². The van der Waals surface area contributed by atoms with Gasteiger partial charge in [-0.2, -0.15) is 13.2 Å². The van der Waals surface area contributed by atoms with E-state index >= 15 is 0 Å². The van der Waals surface area contributed by atoms with E-state index in [-0.39, 0.29) is 18.5 Å². The Kier molecular flexibility index (Phi) is 8.54. The second kappa shape index (κ2) is 12.3. The number of amides is 1. The molecule has 2 saturated heterocycles. The summed E-state index contributed by atoms with van der Waals surface area (Å²) in [5.74, 6) is 0.436. The molecular weight excluding hydrogens is 596 g/mol. The van der Waals surface area contributed by atoms with Crippen molar-refractivity contribution < 1.29 is 18.0 Å². The molecular formula is C33H31Cl2F3N4O. The topological polar surface area (TPSA) is 48.5 Å². The third kappa shape index (κ3) is 6.61. The summed E-state index contributed by atoms with van der Waals surface area (Å²) in [7, 11) is 0. The van der Waals surface area contributed by atoms with Crippen molar-refractivity contribution in [2.24, 2.45) is 0 Å². The van der Waals surface area contributed by atoms with Crippen LogP contribution < -0.4 is 5.32 Å². The number of pyridine rings is 1. The van der Waals surface area contributed by atoms with Crippen molar-refractivity contribution in [3.63, 3.8) is 0 Å². The van der Waals surface area contributed by atoms with Gasteiger partial charge in [-0.3, -0.25) is 4.79 Å². The minimum absolute atomic E-state index is 0.0436. The molecule has 0 unspecified atom stereocenters. The molecule has 3 aromatic carbocycles. The molecule has 10 heteroatoms. The Morgan fingerprint density at radius 1 is 0.884 bits per heavy atom. The largest absolute Gasteiger partial charge is 0.416 e. The first-order valence-electron chi connectivity index (χ1n) is 14.5. The summed E-state index contributed by atoms with van der Waals surface area (Å²) in [5, 5.41) is 4.85. The molecule has 1 atom stereocenters. The van der Waals surface area contributed by atoms with Crippen molar-refractivity contribution in [2.45, 2.75) is 44.4 Å². The number of hydrogen-bond donors (Lipinski definition) is 1. The number of alkyl halides is 3. The van der Waals surface area contributed by atoms with Crippen LogP contribution in [0.4, 0.5) is 19.0 Å². The summed E-state index contributed by atoms with van der Waals surface area (Å²) in [5.41, 5.74) is 2.90. The van der Waals surface area contributed by atoms with Gasteiger partial charge in [-0.25, -0.2) is 4.98 Å². The molecule has 2 aliphatic rings. The van der Waals surface area contributed by atoms with Crippen molar-refractivity contribution in [1.29, 1.82) is 0 Å². The zero-order valence-electron chi connectivity index (χ0n) is 23.4. The summed E-state index contributed by atoms with van der Waals surface area (Å²) in [6.45, 7) is 3.97. The van der Waals surface area contributed by atoms with Crippen LogP contribution in [-0.2, 0) is 12.7 Å². The molecule has 2 fully saturated rings. The van der Waals surface area contributed by atoms with E-state index in [1.165, 1.54) is 25.0 Å². The lowest BCUT2D eigenvalue weighted by Gasteiger charge is -2.29.